The highest BCUT2D eigenvalue weighted by molar-refractivity contribution is 6.15. The summed E-state index contributed by atoms with van der Waals surface area (Å²) in [6.07, 6.45) is 1.87. The van der Waals surface area contributed by atoms with Crippen LogP contribution < -0.4 is 4.74 Å². The van der Waals surface area contributed by atoms with E-state index in [4.69, 9.17) is 9.47 Å². The molecule has 1 saturated heterocycles. The molecular formula is C19H18O5. The first-order chi connectivity index (χ1) is 11.7. The number of rotatable bonds is 6. The monoisotopic (exact) mass is 326 g/mol. The summed E-state index contributed by atoms with van der Waals surface area (Å²) in [5.74, 6) is -1.24. The van der Waals surface area contributed by atoms with Crippen molar-refractivity contribution in [1.82, 2.24) is 0 Å². The summed E-state index contributed by atoms with van der Waals surface area (Å²) in [7, 11) is 0. The van der Waals surface area contributed by atoms with Gasteiger partial charge in [0.15, 0.2) is 5.78 Å². The molecule has 0 aliphatic carbocycles. The highest BCUT2D eigenvalue weighted by Gasteiger charge is 2.24. The number of carboxylic acid groups (broad SMARTS) is 1. The fraction of sp³-hybridized carbons (Fsp3) is 0.263. The van der Waals surface area contributed by atoms with Gasteiger partial charge in [0.2, 0.25) is 0 Å². The fourth-order valence-corrected chi connectivity index (χ4v) is 2.76. The molecule has 2 aromatic carbocycles. The minimum Gasteiger partial charge on any atom is -0.490 e. The maximum atomic E-state index is 12.8. The Morgan fingerprint density at radius 2 is 1.92 bits per heavy atom. The lowest BCUT2D eigenvalue weighted by atomic mass is 9.97. The summed E-state index contributed by atoms with van der Waals surface area (Å²) in [5.41, 5.74) is 0.441. The summed E-state index contributed by atoms with van der Waals surface area (Å²) in [6.45, 7) is 1.01. The minimum atomic E-state index is -1.16. The van der Waals surface area contributed by atoms with Gasteiger partial charge in [-0.1, -0.05) is 36.4 Å². The van der Waals surface area contributed by atoms with Crippen LogP contribution in [-0.4, -0.2) is 36.2 Å². The second-order valence-electron chi connectivity index (χ2n) is 5.63. The van der Waals surface area contributed by atoms with Crippen LogP contribution in [0.15, 0.2) is 48.5 Å². The Morgan fingerprint density at radius 3 is 2.58 bits per heavy atom. The predicted octanol–water partition coefficient (Wildman–Crippen LogP) is 3.17. The van der Waals surface area contributed by atoms with E-state index < -0.39 is 5.97 Å². The van der Waals surface area contributed by atoms with Gasteiger partial charge in [-0.2, -0.15) is 0 Å². The molecule has 5 nitrogen and oxygen atoms in total. The van der Waals surface area contributed by atoms with Gasteiger partial charge in [0.1, 0.15) is 12.4 Å². The van der Waals surface area contributed by atoms with Gasteiger partial charge < -0.3 is 14.6 Å². The molecule has 5 heteroatoms. The zero-order chi connectivity index (χ0) is 16.9. The summed E-state index contributed by atoms with van der Waals surface area (Å²) < 4.78 is 11.3. The Labute approximate surface area is 139 Å². The number of carbonyl (C=O) groups is 2. The van der Waals surface area contributed by atoms with Crippen LogP contribution in [0.5, 0.6) is 5.75 Å². The van der Waals surface area contributed by atoms with E-state index in [-0.39, 0.29) is 28.8 Å². The Hall–Kier alpha value is -2.66. The van der Waals surface area contributed by atoms with Crippen molar-refractivity contribution in [2.45, 2.75) is 18.9 Å². The number of aromatic carboxylic acids is 1. The van der Waals surface area contributed by atoms with Gasteiger partial charge in [-0.05, 0) is 25.0 Å². The molecule has 1 heterocycles. The Balaban J connectivity index is 1.94. The van der Waals surface area contributed by atoms with E-state index in [0.29, 0.717) is 18.8 Å². The number of ketones is 1. The first-order valence-electron chi connectivity index (χ1n) is 7.87. The van der Waals surface area contributed by atoms with Gasteiger partial charge in [0.25, 0.3) is 0 Å². The molecule has 0 spiro atoms. The number of carbonyl (C=O) groups excluding carboxylic acids is 1. The van der Waals surface area contributed by atoms with E-state index in [0.717, 1.165) is 12.8 Å². The Kier molecular flexibility index (Phi) is 4.91. The molecular weight excluding hydrogens is 308 g/mol. The quantitative estimate of drug-likeness (QED) is 0.826. The van der Waals surface area contributed by atoms with E-state index in [1.165, 1.54) is 6.07 Å². The third-order valence-corrected chi connectivity index (χ3v) is 3.97. The Morgan fingerprint density at radius 1 is 1.12 bits per heavy atom. The Bertz CT molecular complexity index is 733. The number of carboxylic acids is 1. The standard InChI is InChI=1S/C19H18O5/c20-18(13-6-2-1-3-7-13)17-15(19(21)22)9-4-10-16(17)24-12-14-8-5-11-23-14/h1-4,6-7,9-10,14H,5,8,11-12H2,(H,21,22). The van der Waals surface area contributed by atoms with Gasteiger partial charge in [-0.15, -0.1) is 0 Å². The van der Waals surface area contributed by atoms with Crippen molar-refractivity contribution in [2.75, 3.05) is 13.2 Å². The highest BCUT2D eigenvalue weighted by atomic mass is 16.5. The van der Waals surface area contributed by atoms with Crippen molar-refractivity contribution >= 4 is 11.8 Å². The topological polar surface area (TPSA) is 72.8 Å². The van der Waals surface area contributed by atoms with Gasteiger partial charge in [-0.25, -0.2) is 4.79 Å². The van der Waals surface area contributed by atoms with Gasteiger partial charge >= 0.3 is 5.97 Å². The lowest BCUT2D eigenvalue weighted by Crippen LogP contribution is -2.19. The summed E-state index contributed by atoms with van der Waals surface area (Å²) in [4.78, 5) is 24.4. The largest absolute Gasteiger partial charge is 0.490 e. The van der Waals surface area contributed by atoms with Crippen molar-refractivity contribution in [3.8, 4) is 5.75 Å². The molecule has 24 heavy (non-hydrogen) atoms. The molecule has 0 aromatic heterocycles. The molecule has 1 aliphatic rings. The molecule has 124 valence electrons. The lowest BCUT2D eigenvalue weighted by Gasteiger charge is -2.15. The molecule has 1 aliphatic heterocycles. The molecule has 0 bridgehead atoms. The number of benzene rings is 2. The molecule has 1 atom stereocenters. The highest BCUT2D eigenvalue weighted by Crippen LogP contribution is 2.27. The second-order valence-corrected chi connectivity index (χ2v) is 5.63. The van der Waals surface area contributed by atoms with Gasteiger partial charge in [-0.3, -0.25) is 4.79 Å². The number of hydrogen-bond donors (Lipinski definition) is 1. The van der Waals surface area contributed by atoms with Crippen molar-refractivity contribution < 1.29 is 24.2 Å². The van der Waals surface area contributed by atoms with Crippen molar-refractivity contribution in [3.63, 3.8) is 0 Å². The zero-order valence-corrected chi connectivity index (χ0v) is 13.1. The minimum absolute atomic E-state index is 0.0156. The SMILES string of the molecule is O=C(O)c1cccc(OCC2CCCO2)c1C(=O)c1ccccc1. The smallest absolute Gasteiger partial charge is 0.336 e. The van der Waals surface area contributed by atoms with Crippen LogP contribution in [0.4, 0.5) is 0 Å². The van der Waals surface area contributed by atoms with E-state index >= 15 is 0 Å². The molecule has 0 radical (unpaired) electrons. The molecule has 0 amide bonds. The average molecular weight is 326 g/mol. The second kappa shape index (κ2) is 7.27. The van der Waals surface area contributed by atoms with Crippen molar-refractivity contribution in [3.05, 3.63) is 65.2 Å². The fourth-order valence-electron chi connectivity index (χ4n) is 2.76. The predicted molar refractivity (Wildman–Crippen MR) is 87.7 cm³/mol. The number of ether oxygens (including phenoxy) is 2. The third kappa shape index (κ3) is 3.46. The molecule has 2 aromatic rings. The van der Waals surface area contributed by atoms with Gasteiger partial charge in [0, 0.05) is 12.2 Å². The molecule has 3 rings (SSSR count). The van der Waals surface area contributed by atoms with Crippen LogP contribution in [-0.2, 0) is 4.74 Å². The van der Waals surface area contributed by atoms with E-state index in [2.05, 4.69) is 0 Å². The normalized spacial score (nSPS) is 16.8. The zero-order valence-electron chi connectivity index (χ0n) is 13.1. The maximum absolute atomic E-state index is 12.8. The first kappa shape index (κ1) is 16.2. The van der Waals surface area contributed by atoms with Crippen LogP contribution in [0.25, 0.3) is 0 Å². The average Bonchev–Trinajstić information content (AvgIpc) is 3.13. The van der Waals surface area contributed by atoms with E-state index in [1.54, 1.807) is 42.5 Å². The number of hydrogen-bond acceptors (Lipinski definition) is 4. The van der Waals surface area contributed by atoms with Crippen molar-refractivity contribution in [1.29, 1.82) is 0 Å². The van der Waals surface area contributed by atoms with Crippen LogP contribution in [0.3, 0.4) is 0 Å². The van der Waals surface area contributed by atoms with Crippen LogP contribution in [0.2, 0.25) is 0 Å². The molecule has 1 N–H and O–H groups in total. The summed E-state index contributed by atoms with van der Waals surface area (Å²) in [5, 5.41) is 9.43. The van der Waals surface area contributed by atoms with Crippen LogP contribution in [0, 0.1) is 0 Å². The molecule has 0 saturated carbocycles. The van der Waals surface area contributed by atoms with E-state index in [9.17, 15) is 14.7 Å². The third-order valence-electron chi connectivity index (χ3n) is 3.97. The van der Waals surface area contributed by atoms with Crippen LogP contribution in [0.1, 0.15) is 39.1 Å². The van der Waals surface area contributed by atoms with Crippen LogP contribution >= 0.6 is 0 Å². The maximum Gasteiger partial charge on any atom is 0.336 e. The summed E-state index contributed by atoms with van der Waals surface area (Å²) >= 11 is 0. The lowest BCUT2D eigenvalue weighted by molar-refractivity contribution is 0.0662. The molecule has 1 unspecified atom stereocenters. The van der Waals surface area contributed by atoms with E-state index in [1.807, 2.05) is 0 Å². The summed E-state index contributed by atoms with van der Waals surface area (Å²) in [6, 6.07) is 13.2. The van der Waals surface area contributed by atoms with Gasteiger partial charge in [0.05, 0.1) is 17.2 Å². The van der Waals surface area contributed by atoms with Crippen molar-refractivity contribution in [2.24, 2.45) is 0 Å². The molecule has 1 fully saturated rings. The first-order valence-corrected chi connectivity index (χ1v) is 7.87.